The number of rotatable bonds is 6. The van der Waals surface area contributed by atoms with Gasteiger partial charge in [-0.05, 0) is 53.9 Å². The molecule has 4 aromatic rings. The molecule has 2 aromatic heterocycles. The van der Waals surface area contributed by atoms with Crippen LogP contribution >= 0.6 is 11.3 Å². The Morgan fingerprint density at radius 2 is 1.79 bits per heavy atom. The summed E-state index contributed by atoms with van der Waals surface area (Å²) in [5.74, 6) is 0.0703. The van der Waals surface area contributed by atoms with Crippen LogP contribution < -0.4 is 4.74 Å². The van der Waals surface area contributed by atoms with Crippen molar-refractivity contribution in [2.24, 2.45) is 0 Å². The predicted molar refractivity (Wildman–Crippen MR) is 144 cm³/mol. The average Bonchev–Trinajstić information content (AvgIpc) is 3.32. The van der Waals surface area contributed by atoms with Crippen molar-refractivity contribution in [3.8, 4) is 28.1 Å². The summed E-state index contributed by atoms with van der Waals surface area (Å²) >= 11 is 1.51. The molecule has 0 saturated carbocycles. The smallest absolute Gasteiger partial charge is 0.261 e. The quantitative estimate of drug-likeness (QED) is 0.342. The molecule has 5 rings (SSSR count). The number of carbonyl (C=O) groups is 2. The van der Waals surface area contributed by atoms with Gasteiger partial charge in [0.2, 0.25) is 5.91 Å². The molecule has 1 unspecified atom stereocenters. The third-order valence-corrected chi connectivity index (χ3v) is 7.53. The normalized spacial score (nSPS) is 15.7. The van der Waals surface area contributed by atoms with Gasteiger partial charge in [-0.25, -0.2) is 9.37 Å². The summed E-state index contributed by atoms with van der Waals surface area (Å²) in [6.07, 6.45) is 4.04. The van der Waals surface area contributed by atoms with Crippen molar-refractivity contribution in [3.63, 3.8) is 0 Å². The first-order valence-electron chi connectivity index (χ1n) is 12.4. The summed E-state index contributed by atoms with van der Waals surface area (Å²) in [6.45, 7) is 2.82. The number of carbonyl (C=O) groups excluding carboxylic acids is 2. The van der Waals surface area contributed by atoms with Crippen molar-refractivity contribution in [1.82, 2.24) is 19.8 Å². The van der Waals surface area contributed by atoms with Crippen LogP contribution in [-0.4, -0.2) is 57.8 Å². The van der Waals surface area contributed by atoms with E-state index in [1.807, 2.05) is 35.7 Å². The molecular formula is C29H27FN4O3S. The van der Waals surface area contributed by atoms with Crippen LogP contribution in [0.25, 0.3) is 22.4 Å². The van der Waals surface area contributed by atoms with Gasteiger partial charge in [0.15, 0.2) is 6.61 Å². The maximum atomic E-state index is 13.6. The van der Waals surface area contributed by atoms with Gasteiger partial charge in [-0.1, -0.05) is 24.3 Å². The van der Waals surface area contributed by atoms with Gasteiger partial charge >= 0.3 is 0 Å². The summed E-state index contributed by atoms with van der Waals surface area (Å²) in [4.78, 5) is 37.9. The van der Waals surface area contributed by atoms with Crippen LogP contribution in [0.5, 0.6) is 5.75 Å². The lowest BCUT2D eigenvalue weighted by atomic mass is 10.1. The van der Waals surface area contributed by atoms with E-state index in [1.165, 1.54) is 23.5 Å². The Labute approximate surface area is 224 Å². The van der Waals surface area contributed by atoms with Crippen LogP contribution in [0.2, 0.25) is 0 Å². The zero-order valence-electron chi connectivity index (χ0n) is 20.9. The molecule has 9 heteroatoms. The van der Waals surface area contributed by atoms with E-state index in [9.17, 15) is 14.0 Å². The van der Waals surface area contributed by atoms with Crippen molar-refractivity contribution in [1.29, 1.82) is 0 Å². The van der Waals surface area contributed by atoms with E-state index in [2.05, 4.69) is 4.98 Å². The molecule has 1 saturated heterocycles. The van der Waals surface area contributed by atoms with Crippen LogP contribution in [0.15, 0.2) is 78.4 Å². The van der Waals surface area contributed by atoms with Crippen molar-refractivity contribution < 1.29 is 18.7 Å². The molecule has 194 valence electrons. The van der Waals surface area contributed by atoms with Gasteiger partial charge in [-0.3, -0.25) is 14.6 Å². The lowest BCUT2D eigenvalue weighted by molar-refractivity contribution is -0.136. The Bertz CT molecular complexity index is 1410. The summed E-state index contributed by atoms with van der Waals surface area (Å²) < 4.78 is 19.4. The third-order valence-electron chi connectivity index (χ3n) is 6.58. The SMILES string of the molecule is CC(=O)N1CCC(c2nc(-c3ccncc3)cs2)N(C(=O)COc2ccc(-c3cccc(F)c3)cc2)CC1. The van der Waals surface area contributed by atoms with Gasteiger partial charge in [0.1, 0.15) is 16.6 Å². The highest BCUT2D eigenvalue weighted by Gasteiger charge is 2.32. The Morgan fingerprint density at radius 3 is 2.53 bits per heavy atom. The number of pyridine rings is 1. The minimum Gasteiger partial charge on any atom is -0.484 e. The average molecular weight is 531 g/mol. The maximum Gasteiger partial charge on any atom is 0.261 e. The Hall–Kier alpha value is -4.11. The van der Waals surface area contributed by atoms with Crippen molar-refractivity contribution in [2.75, 3.05) is 26.2 Å². The second-order valence-electron chi connectivity index (χ2n) is 9.03. The van der Waals surface area contributed by atoms with Crippen LogP contribution in [0.3, 0.4) is 0 Å². The minimum atomic E-state index is -0.295. The molecular weight excluding hydrogens is 503 g/mol. The Kier molecular flexibility index (Phi) is 7.74. The van der Waals surface area contributed by atoms with Crippen molar-refractivity contribution >= 4 is 23.2 Å². The van der Waals surface area contributed by atoms with E-state index in [0.29, 0.717) is 31.8 Å². The number of hydrogen-bond acceptors (Lipinski definition) is 6. The highest BCUT2D eigenvalue weighted by molar-refractivity contribution is 7.10. The molecule has 0 bridgehead atoms. The first-order chi connectivity index (χ1) is 18.5. The topological polar surface area (TPSA) is 75.6 Å². The molecule has 38 heavy (non-hydrogen) atoms. The van der Waals surface area contributed by atoms with E-state index < -0.39 is 0 Å². The molecule has 2 amide bonds. The molecule has 0 spiro atoms. The third kappa shape index (κ3) is 5.89. The van der Waals surface area contributed by atoms with Gasteiger partial charge in [-0.2, -0.15) is 0 Å². The Balaban J connectivity index is 1.30. The first-order valence-corrected chi connectivity index (χ1v) is 13.3. The zero-order chi connectivity index (χ0) is 26.5. The van der Waals surface area contributed by atoms with E-state index >= 15 is 0 Å². The monoisotopic (exact) mass is 530 g/mol. The highest BCUT2D eigenvalue weighted by Crippen LogP contribution is 2.32. The fourth-order valence-corrected chi connectivity index (χ4v) is 5.51. The number of halogens is 1. The van der Waals surface area contributed by atoms with Gasteiger partial charge in [0.25, 0.3) is 5.91 Å². The van der Waals surface area contributed by atoms with E-state index in [1.54, 1.807) is 47.3 Å². The maximum absolute atomic E-state index is 13.6. The summed E-state index contributed by atoms with van der Waals surface area (Å²) in [5.41, 5.74) is 3.42. The Morgan fingerprint density at radius 1 is 1.00 bits per heavy atom. The van der Waals surface area contributed by atoms with E-state index in [-0.39, 0.29) is 30.3 Å². The number of nitrogens with zero attached hydrogens (tertiary/aromatic N) is 4. The van der Waals surface area contributed by atoms with Crippen molar-refractivity contribution in [3.05, 3.63) is 89.3 Å². The fraction of sp³-hybridized carbons (Fsp3) is 0.241. The largest absolute Gasteiger partial charge is 0.484 e. The predicted octanol–water partition coefficient (Wildman–Crippen LogP) is 5.21. The van der Waals surface area contributed by atoms with Gasteiger partial charge in [0, 0.05) is 49.9 Å². The van der Waals surface area contributed by atoms with E-state index in [0.717, 1.165) is 27.4 Å². The molecule has 1 atom stereocenters. The molecule has 1 fully saturated rings. The minimum absolute atomic E-state index is 0.00991. The number of benzene rings is 2. The summed E-state index contributed by atoms with van der Waals surface area (Å²) in [5, 5.41) is 2.81. The van der Waals surface area contributed by atoms with Crippen molar-refractivity contribution in [2.45, 2.75) is 19.4 Å². The molecule has 0 N–H and O–H groups in total. The van der Waals surface area contributed by atoms with E-state index in [4.69, 9.17) is 9.72 Å². The molecule has 2 aromatic carbocycles. The molecule has 7 nitrogen and oxygen atoms in total. The number of ether oxygens (including phenoxy) is 1. The fourth-order valence-electron chi connectivity index (χ4n) is 4.54. The second kappa shape index (κ2) is 11.5. The lowest BCUT2D eigenvalue weighted by Gasteiger charge is -2.28. The second-order valence-corrected chi connectivity index (χ2v) is 9.92. The van der Waals surface area contributed by atoms with Crippen LogP contribution in [0.4, 0.5) is 4.39 Å². The summed E-state index contributed by atoms with van der Waals surface area (Å²) in [6, 6.07) is 17.2. The van der Waals surface area contributed by atoms with Gasteiger partial charge < -0.3 is 14.5 Å². The van der Waals surface area contributed by atoms with Gasteiger partial charge in [-0.15, -0.1) is 11.3 Å². The van der Waals surface area contributed by atoms with Crippen LogP contribution in [0, 0.1) is 5.82 Å². The molecule has 1 aliphatic heterocycles. The molecule has 0 aliphatic carbocycles. The van der Waals surface area contributed by atoms with Crippen LogP contribution in [0.1, 0.15) is 24.4 Å². The van der Waals surface area contributed by atoms with Crippen LogP contribution in [-0.2, 0) is 9.59 Å². The highest BCUT2D eigenvalue weighted by atomic mass is 32.1. The standard InChI is InChI=1S/C29H27FN4O3S/c1-20(35)33-14-11-27(29-32-26(19-38-29)22-9-12-31-13-10-22)34(16-15-33)28(36)18-37-25-7-5-21(6-8-25)23-3-2-4-24(30)17-23/h2-10,12-13,17,19,27H,11,14-16,18H2,1H3. The summed E-state index contributed by atoms with van der Waals surface area (Å²) in [7, 11) is 0. The molecule has 0 radical (unpaired) electrons. The molecule has 3 heterocycles. The number of thiazole rings is 1. The number of hydrogen-bond donors (Lipinski definition) is 0. The number of amides is 2. The van der Waals surface area contributed by atoms with Gasteiger partial charge in [0.05, 0.1) is 11.7 Å². The lowest BCUT2D eigenvalue weighted by Crippen LogP contribution is -2.40. The molecule has 1 aliphatic rings. The first kappa shape index (κ1) is 25.5. The zero-order valence-corrected chi connectivity index (χ0v) is 21.7. The number of aromatic nitrogens is 2.